The molecule has 0 bridgehead atoms. The fraction of sp³-hybridized carbons (Fsp3) is 0.519. The van der Waals surface area contributed by atoms with E-state index in [0.29, 0.717) is 41.9 Å². The number of hydrogen-bond acceptors (Lipinski definition) is 8. The third kappa shape index (κ3) is 6.36. The van der Waals surface area contributed by atoms with Gasteiger partial charge in [-0.1, -0.05) is 0 Å². The van der Waals surface area contributed by atoms with Crippen molar-refractivity contribution < 1.29 is 18.3 Å². The average Bonchev–Trinajstić information content (AvgIpc) is 3.43. The first-order chi connectivity index (χ1) is 18.0. The Morgan fingerprint density at radius 1 is 1.00 bits per heavy atom. The van der Waals surface area contributed by atoms with Crippen LogP contribution >= 0.6 is 0 Å². The molecule has 2 aliphatic rings. The highest BCUT2D eigenvalue weighted by Gasteiger charge is 2.35. The Balaban J connectivity index is 1.41. The number of aromatic nitrogens is 3. The van der Waals surface area contributed by atoms with Crippen LogP contribution in [0.5, 0.6) is 11.5 Å². The molecule has 0 atom stereocenters. The van der Waals surface area contributed by atoms with Crippen molar-refractivity contribution in [1.29, 1.82) is 0 Å². The van der Waals surface area contributed by atoms with E-state index >= 15 is 0 Å². The Kier molecular flexibility index (Phi) is 7.83. The molecule has 5 rings (SSSR count). The van der Waals surface area contributed by atoms with E-state index in [9.17, 15) is 8.78 Å². The maximum absolute atomic E-state index is 13.8. The molecule has 2 aliphatic heterocycles. The Bertz CT molecular complexity index is 1180. The van der Waals surface area contributed by atoms with E-state index in [2.05, 4.69) is 15.2 Å². The van der Waals surface area contributed by atoms with Crippen molar-refractivity contribution in [3.05, 3.63) is 42.2 Å². The Labute approximate surface area is 216 Å². The molecule has 8 nitrogen and oxygen atoms in total. The number of alkyl halides is 2. The molecule has 0 spiro atoms. The number of halogens is 2. The van der Waals surface area contributed by atoms with Crippen LogP contribution in [0.15, 0.2) is 36.7 Å². The van der Waals surface area contributed by atoms with Crippen LogP contribution in [0.3, 0.4) is 0 Å². The standard InChI is InChI=1S/C27H34F2N6O2/c1-36-23-17-21-22(18-24(23)37-16-4-13-34-11-2-3-12-34)32-26(35-14-7-27(28,29)8-15-35)33-25(21)31-19-20-5-9-30-10-6-20/h5-6,9-10,17-18H,2-4,7-8,11-16,19H2,1H3,(H,31,32,33). The molecular weight excluding hydrogens is 478 g/mol. The summed E-state index contributed by atoms with van der Waals surface area (Å²) in [5.74, 6) is -0.362. The molecule has 2 saturated heterocycles. The number of anilines is 2. The zero-order chi connectivity index (χ0) is 25.7. The quantitative estimate of drug-likeness (QED) is 0.390. The van der Waals surface area contributed by atoms with Crippen LogP contribution in [0.1, 0.15) is 37.7 Å². The SMILES string of the molecule is COc1cc2c(NCc3ccncc3)nc(N3CCC(F)(F)CC3)nc2cc1OCCCN1CCCC1. The van der Waals surface area contributed by atoms with Gasteiger partial charge in [0.25, 0.3) is 5.92 Å². The van der Waals surface area contributed by atoms with Gasteiger partial charge in [-0.05, 0) is 56.1 Å². The summed E-state index contributed by atoms with van der Waals surface area (Å²) in [5, 5.41) is 4.18. The highest BCUT2D eigenvalue weighted by Crippen LogP contribution is 2.36. The minimum atomic E-state index is -2.64. The third-order valence-electron chi connectivity index (χ3n) is 7.03. The highest BCUT2D eigenvalue weighted by molar-refractivity contribution is 5.92. The van der Waals surface area contributed by atoms with E-state index in [0.717, 1.165) is 37.0 Å². The Morgan fingerprint density at radius 2 is 1.76 bits per heavy atom. The molecule has 3 aromatic rings. The molecule has 2 aromatic heterocycles. The van der Waals surface area contributed by atoms with Gasteiger partial charge in [0.05, 0.1) is 19.2 Å². The molecule has 0 radical (unpaired) electrons. The van der Waals surface area contributed by atoms with Crippen molar-refractivity contribution >= 4 is 22.7 Å². The largest absolute Gasteiger partial charge is 0.493 e. The van der Waals surface area contributed by atoms with Crippen molar-refractivity contribution in [3.63, 3.8) is 0 Å². The van der Waals surface area contributed by atoms with Crippen LogP contribution in [0.4, 0.5) is 20.5 Å². The molecule has 198 valence electrons. The van der Waals surface area contributed by atoms with Gasteiger partial charge in [0, 0.05) is 62.9 Å². The summed E-state index contributed by atoms with van der Waals surface area (Å²) >= 11 is 0. The molecular formula is C27H34F2N6O2. The first kappa shape index (κ1) is 25.4. The molecule has 0 saturated carbocycles. The van der Waals surface area contributed by atoms with E-state index in [1.807, 2.05) is 29.2 Å². The van der Waals surface area contributed by atoms with Gasteiger partial charge in [0.1, 0.15) is 5.82 Å². The van der Waals surface area contributed by atoms with Crippen molar-refractivity contribution in [2.75, 3.05) is 56.7 Å². The second-order valence-corrected chi connectivity index (χ2v) is 9.70. The second kappa shape index (κ2) is 11.4. The van der Waals surface area contributed by atoms with E-state index in [-0.39, 0.29) is 25.9 Å². The first-order valence-corrected chi connectivity index (χ1v) is 13.0. The van der Waals surface area contributed by atoms with Gasteiger partial charge in [0.2, 0.25) is 5.95 Å². The second-order valence-electron chi connectivity index (χ2n) is 9.70. The lowest BCUT2D eigenvalue weighted by atomic mass is 10.1. The number of hydrogen-bond donors (Lipinski definition) is 1. The predicted molar refractivity (Wildman–Crippen MR) is 140 cm³/mol. The maximum Gasteiger partial charge on any atom is 0.251 e. The molecule has 10 heteroatoms. The summed E-state index contributed by atoms with van der Waals surface area (Å²) in [7, 11) is 1.62. The molecule has 37 heavy (non-hydrogen) atoms. The third-order valence-corrected chi connectivity index (χ3v) is 7.03. The zero-order valence-electron chi connectivity index (χ0n) is 21.3. The van der Waals surface area contributed by atoms with E-state index < -0.39 is 5.92 Å². The van der Waals surface area contributed by atoms with E-state index in [1.54, 1.807) is 19.5 Å². The summed E-state index contributed by atoms with van der Waals surface area (Å²) in [6.07, 6.45) is 6.54. The number of likely N-dealkylation sites (tertiary alicyclic amines) is 1. The number of fused-ring (bicyclic) bond motifs is 1. The summed E-state index contributed by atoms with van der Waals surface area (Å²) in [4.78, 5) is 17.9. The van der Waals surface area contributed by atoms with Crippen molar-refractivity contribution in [3.8, 4) is 11.5 Å². The van der Waals surface area contributed by atoms with Gasteiger partial charge in [-0.25, -0.2) is 13.8 Å². The first-order valence-electron chi connectivity index (χ1n) is 13.0. The lowest BCUT2D eigenvalue weighted by Gasteiger charge is -2.32. The van der Waals surface area contributed by atoms with Crippen LogP contribution in [-0.2, 0) is 6.54 Å². The van der Waals surface area contributed by atoms with Crippen molar-refractivity contribution in [1.82, 2.24) is 19.9 Å². The molecule has 1 aromatic carbocycles. The molecule has 0 aliphatic carbocycles. The minimum absolute atomic E-state index is 0.206. The number of methoxy groups -OCH3 is 1. The van der Waals surface area contributed by atoms with Gasteiger partial charge >= 0.3 is 0 Å². The van der Waals surface area contributed by atoms with Crippen molar-refractivity contribution in [2.24, 2.45) is 0 Å². The number of ether oxygens (including phenoxy) is 2. The smallest absolute Gasteiger partial charge is 0.251 e. The molecule has 4 heterocycles. The monoisotopic (exact) mass is 512 g/mol. The van der Waals surface area contributed by atoms with Crippen LogP contribution in [0, 0.1) is 0 Å². The maximum atomic E-state index is 13.8. The van der Waals surface area contributed by atoms with E-state index in [1.165, 1.54) is 12.8 Å². The molecule has 0 amide bonds. The van der Waals surface area contributed by atoms with Crippen LogP contribution in [0.2, 0.25) is 0 Å². The molecule has 2 fully saturated rings. The van der Waals surface area contributed by atoms with E-state index in [4.69, 9.17) is 19.4 Å². The summed E-state index contributed by atoms with van der Waals surface area (Å²) in [6.45, 7) is 4.86. The number of pyridine rings is 1. The number of nitrogens with one attached hydrogen (secondary N) is 1. The summed E-state index contributed by atoms with van der Waals surface area (Å²) in [5.41, 5.74) is 1.72. The number of piperidine rings is 1. The van der Waals surface area contributed by atoms with Gasteiger partial charge in [-0.15, -0.1) is 0 Å². The Hall–Kier alpha value is -3.27. The topological polar surface area (TPSA) is 75.6 Å². The lowest BCUT2D eigenvalue weighted by Crippen LogP contribution is -2.40. The average molecular weight is 513 g/mol. The fourth-order valence-electron chi connectivity index (χ4n) is 4.87. The molecule has 1 N–H and O–H groups in total. The highest BCUT2D eigenvalue weighted by atomic mass is 19.3. The van der Waals surface area contributed by atoms with Gasteiger partial charge < -0.3 is 24.6 Å². The van der Waals surface area contributed by atoms with Crippen LogP contribution in [0.25, 0.3) is 10.9 Å². The van der Waals surface area contributed by atoms with Gasteiger partial charge in [-0.2, -0.15) is 4.98 Å². The summed E-state index contributed by atoms with van der Waals surface area (Å²) < 4.78 is 39.4. The van der Waals surface area contributed by atoms with Crippen LogP contribution in [-0.4, -0.2) is 72.2 Å². The van der Waals surface area contributed by atoms with Gasteiger partial charge in [0.15, 0.2) is 11.5 Å². The number of benzene rings is 1. The molecule has 0 unspecified atom stereocenters. The number of nitrogens with zero attached hydrogens (tertiary/aromatic N) is 5. The van der Waals surface area contributed by atoms with Gasteiger partial charge in [-0.3, -0.25) is 4.98 Å². The number of rotatable bonds is 10. The predicted octanol–water partition coefficient (Wildman–Crippen LogP) is 4.75. The normalized spacial score (nSPS) is 17.8. The Morgan fingerprint density at radius 3 is 2.49 bits per heavy atom. The van der Waals surface area contributed by atoms with Crippen molar-refractivity contribution in [2.45, 2.75) is 44.6 Å². The minimum Gasteiger partial charge on any atom is -0.493 e. The van der Waals surface area contributed by atoms with Crippen LogP contribution < -0.4 is 19.7 Å². The fourth-order valence-corrected chi connectivity index (χ4v) is 4.87. The zero-order valence-corrected chi connectivity index (χ0v) is 21.3. The lowest BCUT2D eigenvalue weighted by molar-refractivity contribution is -0.0222. The summed E-state index contributed by atoms with van der Waals surface area (Å²) in [6, 6.07) is 7.61.